The van der Waals surface area contributed by atoms with Gasteiger partial charge >= 0.3 is 0 Å². The van der Waals surface area contributed by atoms with Crippen LogP contribution in [0.1, 0.15) is 29.3 Å². The van der Waals surface area contributed by atoms with Gasteiger partial charge in [-0.2, -0.15) is 0 Å². The van der Waals surface area contributed by atoms with Crippen LogP contribution < -0.4 is 16.0 Å². The van der Waals surface area contributed by atoms with E-state index in [1.807, 2.05) is 25.1 Å². The van der Waals surface area contributed by atoms with Gasteiger partial charge in [0.05, 0.1) is 0 Å². The number of carbonyl (C=O) groups is 2. The molecule has 0 unspecified atom stereocenters. The molecule has 0 radical (unpaired) electrons. The zero-order valence-corrected chi connectivity index (χ0v) is 15.9. The van der Waals surface area contributed by atoms with Crippen molar-refractivity contribution >= 4 is 46.4 Å². The lowest BCUT2D eigenvalue weighted by Gasteiger charge is -2.11. The van der Waals surface area contributed by atoms with Crippen molar-refractivity contribution in [3.8, 4) is 0 Å². The standard InChI is InChI=1S/C19H20ClN3O2S/c1-2-21-18(25)14-7-5-8-15(12-14)22-19(26)23-17(24)11-10-13-6-3-4-9-16(13)20/h3-9,12H,2,10-11H2,1H3,(H,21,25)(H2,22,23,24,26). The Morgan fingerprint density at radius 2 is 1.88 bits per heavy atom. The van der Waals surface area contributed by atoms with Gasteiger partial charge in [0.25, 0.3) is 5.91 Å². The number of amides is 2. The number of nitrogens with one attached hydrogen (secondary N) is 3. The van der Waals surface area contributed by atoms with Crippen molar-refractivity contribution in [2.24, 2.45) is 0 Å². The largest absolute Gasteiger partial charge is 0.352 e. The molecule has 0 heterocycles. The van der Waals surface area contributed by atoms with Crippen LogP contribution in [-0.2, 0) is 11.2 Å². The van der Waals surface area contributed by atoms with Crippen LogP contribution in [0.15, 0.2) is 48.5 Å². The lowest BCUT2D eigenvalue weighted by molar-refractivity contribution is -0.119. The first-order valence-electron chi connectivity index (χ1n) is 8.22. The van der Waals surface area contributed by atoms with Crippen molar-refractivity contribution in [3.63, 3.8) is 0 Å². The van der Waals surface area contributed by atoms with Gasteiger partial charge in [-0.15, -0.1) is 0 Å². The summed E-state index contributed by atoms with van der Waals surface area (Å²) in [6.07, 6.45) is 0.797. The minimum absolute atomic E-state index is 0.161. The molecule has 7 heteroatoms. The van der Waals surface area contributed by atoms with Crippen molar-refractivity contribution in [1.29, 1.82) is 0 Å². The van der Waals surface area contributed by atoms with E-state index in [1.165, 1.54) is 0 Å². The molecule has 0 atom stereocenters. The summed E-state index contributed by atoms with van der Waals surface area (Å²) in [4.78, 5) is 23.9. The molecular formula is C19H20ClN3O2S. The minimum Gasteiger partial charge on any atom is -0.352 e. The third-order valence-corrected chi connectivity index (χ3v) is 4.13. The normalized spacial score (nSPS) is 10.1. The second kappa shape index (κ2) is 9.89. The van der Waals surface area contributed by atoms with Crippen molar-refractivity contribution in [3.05, 3.63) is 64.7 Å². The Kier molecular flexibility index (Phi) is 7.56. The molecule has 0 aromatic heterocycles. The highest BCUT2D eigenvalue weighted by molar-refractivity contribution is 7.80. The fourth-order valence-corrected chi connectivity index (χ4v) is 2.76. The predicted molar refractivity (Wildman–Crippen MR) is 109 cm³/mol. The van der Waals surface area contributed by atoms with Crippen LogP contribution in [0.4, 0.5) is 5.69 Å². The number of hydrogen-bond donors (Lipinski definition) is 3. The zero-order chi connectivity index (χ0) is 18.9. The van der Waals surface area contributed by atoms with Gasteiger partial charge < -0.3 is 16.0 Å². The van der Waals surface area contributed by atoms with Crippen LogP contribution in [0.2, 0.25) is 5.02 Å². The fourth-order valence-electron chi connectivity index (χ4n) is 2.30. The summed E-state index contributed by atoms with van der Waals surface area (Å²) in [5.74, 6) is -0.367. The van der Waals surface area contributed by atoms with E-state index in [1.54, 1.807) is 30.3 Å². The molecule has 136 valence electrons. The van der Waals surface area contributed by atoms with E-state index in [2.05, 4.69) is 16.0 Å². The molecule has 2 aromatic rings. The maximum Gasteiger partial charge on any atom is 0.251 e. The first kappa shape index (κ1) is 19.9. The Balaban J connectivity index is 1.86. The molecule has 5 nitrogen and oxygen atoms in total. The quantitative estimate of drug-likeness (QED) is 0.661. The van der Waals surface area contributed by atoms with E-state index in [9.17, 15) is 9.59 Å². The second-order valence-electron chi connectivity index (χ2n) is 5.53. The number of aryl methyl sites for hydroxylation is 1. The van der Waals surface area contributed by atoms with Crippen LogP contribution in [-0.4, -0.2) is 23.5 Å². The summed E-state index contributed by atoms with van der Waals surface area (Å²) in [5, 5.41) is 9.10. The summed E-state index contributed by atoms with van der Waals surface area (Å²) < 4.78 is 0. The van der Waals surface area contributed by atoms with E-state index < -0.39 is 0 Å². The van der Waals surface area contributed by atoms with Gasteiger partial charge in [0, 0.05) is 29.2 Å². The van der Waals surface area contributed by atoms with Crippen LogP contribution in [0, 0.1) is 0 Å². The predicted octanol–water partition coefficient (Wildman–Crippen LogP) is 3.54. The van der Waals surface area contributed by atoms with Gasteiger partial charge in [0.2, 0.25) is 5.91 Å². The van der Waals surface area contributed by atoms with Crippen LogP contribution >= 0.6 is 23.8 Å². The molecular weight excluding hydrogens is 370 g/mol. The van der Waals surface area contributed by atoms with Gasteiger partial charge in [-0.25, -0.2) is 0 Å². The lowest BCUT2D eigenvalue weighted by Crippen LogP contribution is -2.34. The Labute approximate surface area is 163 Å². The van der Waals surface area contributed by atoms with E-state index in [0.29, 0.717) is 29.2 Å². The maximum atomic E-state index is 12.0. The second-order valence-corrected chi connectivity index (χ2v) is 6.35. The first-order chi connectivity index (χ1) is 12.5. The molecule has 0 fully saturated rings. The Morgan fingerprint density at radius 3 is 2.62 bits per heavy atom. The molecule has 2 rings (SSSR count). The van der Waals surface area contributed by atoms with Gasteiger partial charge in [-0.3, -0.25) is 9.59 Å². The van der Waals surface area contributed by atoms with E-state index in [4.69, 9.17) is 23.8 Å². The van der Waals surface area contributed by atoms with Crippen molar-refractivity contribution in [2.45, 2.75) is 19.8 Å². The molecule has 0 aliphatic rings. The molecule has 3 N–H and O–H groups in total. The molecule has 0 aliphatic heterocycles. The van der Waals surface area contributed by atoms with E-state index in [0.717, 1.165) is 5.56 Å². The number of benzene rings is 2. The van der Waals surface area contributed by atoms with Crippen LogP contribution in [0.25, 0.3) is 0 Å². The number of halogens is 1. The molecule has 26 heavy (non-hydrogen) atoms. The summed E-state index contributed by atoms with van der Waals surface area (Å²) in [6.45, 7) is 2.41. The Bertz CT molecular complexity index is 811. The summed E-state index contributed by atoms with van der Waals surface area (Å²) in [5.41, 5.74) is 2.06. The highest BCUT2D eigenvalue weighted by atomic mass is 35.5. The van der Waals surface area contributed by atoms with Gasteiger partial charge in [-0.05, 0) is 55.4 Å². The molecule has 0 saturated heterocycles. The molecule has 2 aromatic carbocycles. The van der Waals surface area contributed by atoms with Crippen molar-refractivity contribution in [2.75, 3.05) is 11.9 Å². The fraction of sp³-hybridized carbons (Fsp3) is 0.211. The van der Waals surface area contributed by atoms with Crippen LogP contribution in [0.3, 0.4) is 0 Å². The third kappa shape index (κ3) is 6.13. The SMILES string of the molecule is CCNC(=O)c1cccc(NC(=S)NC(=O)CCc2ccccc2Cl)c1. The number of carbonyl (C=O) groups excluding carboxylic acids is 2. The number of rotatable bonds is 6. The highest BCUT2D eigenvalue weighted by Crippen LogP contribution is 2.16. The Morgan fingerprint density at radius 1 is 1.12 bits per heavy atom. The molecule has 0 bridgehead atoms. The average Bonchev–Trinajstić information content (AvgIpc) is 2.61. The van der Waals surface area contributed by atoms with Gasteiger partial charge in [0.15, 0.2) is 5.11 Å². The van der Waals surface area contributed by atoms with Gasteiger partial charge in [0.1, 0.15) is 0 Å². The van der Waals surface area contributed by atoms with Crippen molar-refractivity contribution < 1.29 is 9.59 Å². The number of thiocarbonyl (C=S) groups is 1. The molecule has 0 saturated carbocycles. The molecule has 0 aliphatic carbocycles. The summed E-state index contributed by atoms with van der Waals surface area (Å²) in [7, 11) is 0. The van der Waals surface area contributed by atoms with Gasteiger partial charge in [-0.1, -0.05) is 35.9 Å². The molecule has 0 spiro atoms. The Hall–Kier alpha value is -2.44. The lowest BCUT2D eigenvalue weighted by atomic mass is 10.1. The first-order valence-corrected chi connectivity index (χ1v) is 9.00. The topological polar surface area (TPSA) is 70.2 Å². The summed E-state index contributed by atoms with van der Waals surface area (Å²) >= 11 is 11.2. The summed E-state index contributed by atoms with van der Waals surface area (Å²) in [6, 6.07) is 14.3. The number of anilines is 1. The third-order valence-electron chi connectivity index (χ3n) is 3.55. The van der Waals surface area contributed by atoms with Crippen LogP contribution in [0.5, 0.6) is 0 Å². The van der Waals surface area contributed by atoms with Crippen molar-refractivity contribution in [1.82, 2.24) is 10.6 Å². The number of hydrogen-bond acceptors (Lipinski definition) is 3. The smallest absolute Gasteiger partial charge is 0.251 e. The van der Waals surface area contributed by atoms with E-state index >= 15 is 0 Å². The maximum absolute atomic E-state index is 12.0. The zero-order valence-electron chi connectivity index (χ0n) is 14.3. The minimum atomic E-state index is -0.206. The average molecular weight is 390 g/mol. The van der Waals surface area contributed by atoms with E-state index in [-0.39, 0.29) is 23.3 Å². The monoisotopic (exact) mass is 389 g/mol. The highest BCUT2D eigenvalue weighted by Gasteiger charge is 2.09. The molecule has 2 amide bonds.